The van der Waals surface area contributed by atoms with Crippen LogP contribution in [0.1, 0.15) is 49.8 Å². The molecule has 1 aromatic heterocycles. The van der Waals surface area contributed by atoms with Crippen LogP contribution in [0.25, 0.3) is 0 Å². The Morgan fingerprint density at radius 3 is 2.41 bits per heavy atom. The summed E-state index contributed by atoms with van der Waals surface area (Å²) in [6, 6.07) is 9.66. The Balaban J connectivity index is 2.20. The number of amides is 3. The molecule has 0 saturated heterocycles. The van der Waals surface area contributed by atoms with Gasteiger partial charge in [-0.3, -0.25) is 24.1 Å². The van der Waals surface area contributed by atoms with E-state index in [1.54, 1.807) is 26.0 Å². The molecule has 0 aliphatic rings. The fourth-order valence-corrected chi connectivity index (χ4v) is 4.39. The number of phenols is 1. The molecular formula is C25H27N5O6S. The van der Waals surface area contributed by atoms with E-state index in [9.17, 15) is 24.3 Å². The van der Waals surface area contributed by atoms with Gasteiger partial charge in [0.2, 0.25) is 5.91 Å². The van der Waals surface area contributed by atoms with E-state index in [0.717, 1.165) is 5.56 Å². The van der Waals surface area contributed by atoms with Crippen molar-refractivity contribution in [2.45, 2.75) is 26.8 Å². The fraction of sp³-hybridized carbons (Fsp3) is 0.240. The highest BCUT2D eigenvalue weighted by molar-refractivity contribution is 7.09. The van der Waals surface area contributed by atoms with Crippen LogP contribution in [0.5, 0.6) is 5.75 Å². The Morgan fingerprint density at radius 1 is 1.14 bits per heavy atom. The van der Waals surface area contributed by atoms with Gasteiger partial charge in [0, 0.05) is 5.69 Å². The summed E-state index contributed by atoms with van der Waals surface area (Å²) in [4.78, 5) is 52.4. The van der Waals surface area contributed by atoms with Crippen molar-refractivity contribution in [3.8, 4) is 5.75 Å². The van der Waals surface area contributed by atoms with Crippen molar-refractivity contribution < 1.29 is 29.0 Å². The molecule has 2 aromatic carbocycles. The summed E-state index contributed by atoms with van der Waals surface area (Å²) in [6.45, 7) is 4.99. The van der Waals surface area contributed by atoms with Gasteiger partial charge >= 0.3 is 5.97 Å². The molecule has 0 aliphatic carbocycles. The number of rotatable bonds is 9. The van der Waals surface area contributed by atoms with Gasteiger partial charge in [-0.05, 0) is 67.2 Å². The van der Waals surface area contributed by atoms with Crippen LogP contribution < -0.4 is 21.7 Å². The summed E-state index contributed by atoms with van der Waals surface area (Å²) >= 11 is 0.684. The highest BCUT2D eigenvalue weighted by Crippen LogP contribution is 2.36. The standard InChI is InChI=1S/C25H27N5O6S/c1-4-36-18(32)12-28-24(34)21(15-8-10-16(31)11-9-15)30(17-7-5-6-13(2)14(17)3)25(35)22-19(26)20(23(27)33)29-37-22/h5-11,21,31H,4,12,26H2,1-3H3,(H2,27,33)(H,28,34)/t21-/m1/s1. The second kappa shape index (κ2) is 11.5. The SMILES string of the molecule is CCOC(=O)CNC(=O)[C@@H](c1ccc(O)cc1)N(C(=O)c1snc(C(N)=O)c1N)c1cccc(C)c1C. The summed E-state index contributed by atoms with van der Waals surface area (Å²) in [7, 11) is 0. The number of hydrogen-bond donors (Lipinski definition) is 4. The quantitative estimate of drug-likeness (QED) is 0.307. The average Bonchev–Trinajstić information content (AvgIpc) is 3.25. The van der Waals surface area contributed by atoms with Gasteiger partial charge in [0.25, 0.3) is 11.8 Å². The number of phenolic OH excluding ortho intramolecular Hbond substituents is 1. The maximum absolute atomic E-state index is 14.0. The molecule has 12 heteroatoms. The minimum atomic E-state index is -1.30. The lowest BCUT2D eigenvalue weighted by Gasteiger charge is -2.32. The lowest BCUT2D eigenvalue weighted by Crippen LogP contribution is -2.45. The third kappa shape index (κ3) is 5.86. The number of nitrogens with zero attached hydrogens (tertiary/aromatic N) is 2. The van der Waals surface area contributed by atoms with Crippen molar-refractivity contribution >= 4 is 46.6 Å². The Morgan fingerprint density at radius 2 is 1.81 bits per heavy atom. The van der Waals surface area contributed by atoms with E-state index in [1.165, 1.54) is 29.2 Å². The van der Waals surface area contributed by atoms with Crippen LogP contribution in [0.4, 0.5) is 11.4 Å². The Labute approximate surface area is 217 Å². The summed E-state index contributed by atoms with van der Waals surface area (Å²) in [5.41, 5.74) is 13.2. The third-order valence-corrected chi connectivity index (χ3v) is 6.49. The van der Waals surface area contributed by atoms with Crippen molar-refractivity contribution in [1.82, 2.24) is 9.69 Å². The second-order valence-electron chi connectivity index (χ2n) is 8.05. The van der Waals surface area contributed by atoms with Gasteiger partial charge in [-0.15, -0.1) is 0 Å². The molecule has 0 radical (unpaired) electrons. The summed E-state index contributed by atoms with van der Waals surface area (Å²) < 4.78 is 8.82. The van der Waals surface area contributed by atoms with E-state index in [4.69, 9.17) is 16.2 Å². The van der Waals surface area contributed by atoms with E-state index in [1.807, 2.05) is 13.0 Å². The number of carbonyl (C=O) groups excluding carboxylic acids is 4. The molecule has 6 N–H and O–H groups in total. The normalized spacial score (nSPS) is 11.4. The van der Waals surface area contributed by atoms with E-state index in [0.29, 0.717) is 28.3 Å². The molecule has 3 aromatic rings. The van der Waals surface area contributed by atoms with Crippen molar-refractivity contribution in [2.24, 2.45) is 5.73 Å². The van der Waals surface area contributed by atoms with Gasteiger partial charge in [0.15, 0.2) is 5.69 Å². The maximum atomic E-state index is 14.0. The number of anilines is 2. The molecule has 0 aliphatic heterocycles. The van der Waals surface area contributed by atoms with Gasteiger partial charge in [-0.25, -0.2) is 0 Å². The van der Waals surface area contributed by atoms with Crippen molar-refractivity contribution in [3.63, 3.8) is 0 Å². The summed E-state index contributed by atoms with van der Waals surface area (Å²) in [5.74, 6) is -2.99. The highest BCUT2D eigenvalue weighted by Gasteiger charge is 2.37. The zero-order valence-corrected chi connectivity index (χ0v) is 21.3. The number of nitrogens with one attached hydrogen (secondary N) is 1. The minimum Gasteiger partial charge on any atom is -0.508 e. The number of benzene rings is 2. The summed E-state index contributed by atoms with van der Waals surface area (Å²) in [5, 5.41) is 12.3. The number of esters is 1. The molecule has 194 valence electrons. The van der Waals surface area contributed by atoms with Crippen LogP contribution in [-0.4, -0.2) is 46.3 Å². The molecule has 0 bridgehead atoms. The zero-order chi connectivity index (χ0) is 27.3. The molecule has 0 saturated carbocycles. The maximum Gasteiger partial charge on any atom is 0.325 e. The van der Waals surface area contributed by atoms with E-state index in [2.05, 4.69) is 9.69 Å². The molecule has 3 rings (SSSR count). The number of primary amides is 1. The number of aryl methyl sites for hydroxylation is 1. The number of hydrogen-bond acceptors (Lipinski definition) is 9. The molecular weight excluding hydrogens is 498 g/mol. The van der Waals surface area contributed by atoms with Crippen LogP contribution in [-0.2, 0) is 14.3 Å². The molecule has 0 unspecified atom stereocenters. The molecule has 37 heavy (non-hydrogen) atoms. The van der Waals surface area contributed by atoms with Crippen molar-refractivity contribution in [2.75, 3.05) is 23.8 Å². The first-order chi connectivity index (χ1) is 17.6. The fourth-order valence-electron chi connectivity index (χ4n) is 3.64. The molecule has 1 atom stereocenters. The van der Waals surface area contributed by atoms with Crippen molar-refractivity contribution in [3.05, 3.63) is 69.7 Å². The van der Waals surface area contributed by atoms with E-state index in [-0.39, 0.29) is 28.6 Å². The summed E-state index contributed by atoms with van der Waals surface area (Å²) in [6.07, 6.45) is 0. The molecule has 0 fully saturated rings. The zero-order valence-electron chi connectivity index (χ0n) is 20.5. The first-order valence-corrected chi connectivity index (χ1v) is 12.0. The van der Waals surface area contributed by atoms with Gasteiger partial charge in [0.1, 0.15) is 23.2 Å². The highest BCUT2D eigenvalue weighted by atomic mass is 32.1. The first kappa shape index (κ1) is 27.1. The molecule has 0 spiro atoms. The average molecular weight is 526 g/mol. The predicted molar refractivity (Wildman–Crippen MR) is 138 cm³/mol. The van der Waals surface area contributed by atoms with Gasteiger partial charge in [-0.2, -0.15) is 4.37 Å². The predicted octanol–water partition coefficient (Wildman–Crippen LogP) is 2.21. The molecule has 3 amide bonds. The van der Waals surface area contributed by atoms with Crippen LogP contribution in [0.3, 0.4) is 0 Å². The van der Waals surface area contributed by atoms with E-state index < -0.39 is 36.3 Å². The largest absolute Gasteiger partial charge is 0.508 e. The topological polar surface area (TPSA) is 178 Å². The number of carbonyl (C=O) groups is 4. The number of aromatic nitrogens is 1. The number of aromatic hydroxyl groups is 1. The van der Waals surface area contributed by atoms with Gasteiger partial charge in [0.05, 0.1) is 12.3 Å². The van der Waals surface area contributed by atoms with Gasteiger partial charge in [-0.1, -0.05) is 24.3 Å². The monoisotopic (exact) mass is 525 g/mol. The first-order valence-electron chi connectivity index (χ1n) is 11.2. The molecule has 1 heterocycles. The lowest BCUT2D eigenvalue weighted by atomic mass is 9.99. The van der Waals surface area contributed by atoms with Crippen LogP contribution in [0, 0.1) is 13.8 Å². The van der Waals surface area contributed by atoms with E-state index >= 15 is 0 Å². The Hall–Kier alpha value is -4.45. The van der Waals surface area contributed by atoms with Gasteiger partial charge < -0.3 is 26.6 Å². The van der Waals surface area contributed by atoms with Crippen LogP contribution in [0.15, 0.2) is 42.5 Å². The number of nitrogen functional groups attached to an aromatic ring is 1. The Kier molecular flexibility index (Phi) is 8.45. The third-order valence-electron chi connectivity index (χ3n) is 5.64. The van der Waals surface area contributed by atoms with Crippen LogP contribution in [0.2, 0.25) is 0 Å². The van der Waals surface area contributed by atoms with Crippen molar-refractivity contribution in [1.29, 1.82) is 0 Å². The smallest absolute Gasteiger partial charge is 0.325 e. The molecule has 11 nitrogen and oxygen atoms in total. The number of nitrogens with two attached hydrogens (primary N) is 2. The second-order valence-corrected chi connectivity index (χ2v) is 8.82. The number of ether oxygens (including phenoxy) is 1. The van der Waals surface area contributed by atoms with Crippen LogP contribution >= 0.6 is 11.5 Å². The Bertz CT molecular complexity index is 1340. The lowest BCUT2D eigenvalue weighted by molar-refractivity contribution is -0.143. The minimum absolute atomic E-state index is 0.0446.